The molecule has 3 nitrogen and oxygen atoms in total. The lowest BCUT2D eigenvalue weighted by Crippen LogP contribution is -2.15. The lowest BCUT2D eigenvalue weighted by molar-refractivity contribution is 0.304. The second-order valence-electron chi connectivity index (χ2n) is 4.00. The number of nitrogens with zero attached hydrogens (tertiary/aromatic N) is 1. The van der Waals surface area contributed by atoms with Crippen molar-refractivity contribution < 1.29 is 4.74 Å². The minimum Gasteiger partial charge on any atom is -0.492 e. The van der Waals surface area contributed by atoms with E-state index in [-0.39, 0.29) is 0 Å². The molecule has 0 aliphatic heterocycles. The Morgan fingerprint density at radius 1 is 1.24 bits per heavy atom. The molecule has 1 aromatic rings. The summed E-state index contributed by atoms with van der Waals surface area (Å²) in [6, 6.07) is 1.79. The zero-order valence-corrected chi connectivity index (χ0v) is 11.2. The fourth-order valence-corrected chi connectivity index (χ4v) is 1.66. The van der Waals surface area contributed by atoms with Crippen LogP contribution in [0.5, 0.6) is 5.75 Å². The van der Waals surface area contributed by atoms with E-state index < -0.39 is 0 Å². The zero-order chi connectivity index (χ0) is 12.3. The largest absolute Gasteiger partial charge is 0.492 e. The van der Waals surface area contributed by atoms with Crippen molar-refractivity contribution in [3.63, 3.8) is 0 Å². The SMILES string of the molecule is CCCNCCCCCOc1cncc(Cl)c1. The summed E-state index contributed by atoms with van der Waals surface area (Å²) in [7, 11) is 0. The molecule has 4 heteroatoms. The van der Waals surface area contributed by atoms with E-state index >= 15 is 0 Å². The summed E-state index contributed by atoms with van der Waals surface area (Å²) >= 11 is 5.81. The first kappa shape index (κ1) is 14.3. The van der Waals surface area contributed by atoms with Crippen molar-refractivity contribution in [1.82, 2.24) is 10.3 Å². The molecule has 0 bridgehead atoms. The average molecular weight is 257 g/mol. The number of unbranched alkanes of at least 4 members (excludes halogenated alkanes) is 2. The molecule has 0 saturated heterocycles. The van der Waals surface area contributed by atoms with E-state index in [4.69, 9.17) is 16.3 Å². The zero-order valence-electron chi connectivity index (χ0n) is 10.4. The summed E-state index contributed by atoms with van der Waals surface area (Å²) in [6.45, 7) is 5.13. The first-order chi connectivity index (χ1) is 8.33. The Kier molecular flexibility index (Phi) is 7.76. The third-order valence-electron chi connectivity index (χ3n) is 2.37. The molecule has 0 radical (unpaired) electrons. The van der Waals surface area contributed by atoms with Crippen LogP contribution >= 0.6 is 11.6 Å². The molecule has 1 N–H and O–H groups in total. The van der Waals surface area contributed by atoms with Gasteiger partial charge in [0.15, 0.2) is 0 Å². The number of halogens is 1. The van der Waals surface area contributed by atoms with Gasteiger partial charge in [-0.15, -0.1) is 0 Å². The van der Waals surface area contributed by atoms with Gasteiger partial charge in [0.05, 0.1) is 17.8 Å². The summed E-state index contributed by atoms with van der Waals surface area (Å²) in [5, 5.41) is 4.00. The van der Waals surface area contributed by atoms with Crippen LogP contribution in [0, 0.1) is 0 Å². The highest BCUT2D eigenvalue weighted by molar-refractivity contribution is 6.30. The molecule has 0 aliphatic rings. The second kappa shape index (κ2) is 9.25. The predicted molar refractivity (Wildman–Crippen MR) is 71.8 cm³/mol. The van der Waals surface area contributed by atoms with Gasteiger partial charge in [0.2, 0.25) is 0 Å². The Bertz CT molecular complexity index is 307. The van der Waals surface area contributed by atoms with Crippen LogP contribution in [-0.2, 0) is 0 Å². The van der Waals surface area contributed by atoms with E-state index in [2.05, 4.69) is 17.2 Å². The van der Waals surface area contributed by atoms with Crippen LogP contribution in [0.1, 0.15) is 32.6 Å². The van der Waals surface area contributed by atoms with Crippen LogP contribution in [0.15, 0.2) is 18.5 Å². The van der Waals surface area contributed by atoms with Crippen molar-refractivity contribution in [3.05, 3.63) is 23.5 Å². The highest BCUT2D eigenvalue weighted by Gasteiger charge is 1.95. The Labute approximate surface area is 109 Å². The van der Waals surface area contributed by atoms with Crippen molar-refractivity contribution >= 4 is 11.6 Å². The average Bonchev–Trinajstić information content (AvgIpc) is 2.33. The molecule has 0 aromatic carbocycles. The molecular formula is C13H21ClN2O. The highest BCUT2D eigenvalue weighted by atomic mass is 35.5. The van der Waals surface area contributed by atoms with Crippen LogP contribution in [-0.4, -0.2) is 24.7 Å². The molecule has 0 aliphatic carbocycles. The van der Waals surface area contributed by atoms with Gasteiger partial charge in [0.1, 0.15) is 5.75 Å². The van der Waals surface area contributed by atoms with E-state index in [0.717, 1.165) is 31.9 Å². The molecule has 17 heavy (non-hydrogen) atoms. The van der Waals surface area contributed by atoms with Gasteiger partial charge in [-0.25, -0.2) is 0 Å². The van der Waals surface area contributed by atoms with Gasteiger partial charge in [-0.05, 0) is 38.8 Å². The smallest absolute Gasteiger partial charge is 0.139 e. The van der Waals surface area contributed by atoms with Gasteiger partial charge in [-0.1, -0.05) is 18.5 Å². The topological polar surface area (TPSA) is 34.1 Å². The van der Waals surface area contributed by atoms with Gasteiger partial charge in [0, 0.05) is 12.3 Å². The molecule has 96 valence electrons. The highest BCUT2D eigenvalue weighted by Crippen LogP contribution is 2.15. The Morgan fingerprint density at radius 2 is 2.12 bits per heavy atom. The van der Waals surface area contributed by atoms with Crippen LogP contribution in [0.4, 0.5) is 0 Å². The number of aromatic nitrogens is 1. The van der Waals surface area contributed by atoms with Crippen LogP contribution in [0.25, 0.3) is 0 Å². The Balaban J connectivity index is 1.97. The maximum Gasteiger partial charge on any atom is 0.139 e. The standard InChI is InChI=1S/C13H21ClN2O/c1-2-6-15-7-4-3-5-8-17-13-9-12(14)10-16-11-13/h9-11,15H,2-8H2,1H3. The summed E-state index contributed by atoms with van der Waals surface area (Å²) in [4.78, 5) is 3.97. The fraction of sp³-hybridized carbons (Fsp3) is 0.615. The molecule has 0 spiro atoms. The van der Waals surface area contributed by atoms with Crippen LogP contribution in [0.2, 0.25) is 5.02 Å². The third-order valence-corrected chi connectivity index (χ3v) is 2.58. The minimum absolute atomic E-state index is 0.617. The minimum atomic E-state index is 0.617. The maximum atomic E-state index is 5.81. The summed E-state index contributed by atoms with van der Waals surface area (Å²) in [5.74, 6) is 0.751. The van der Waals surface area contributed by atoms with Crippen molar-refractivity contribution in [2.24, 2.45) is 0 Å². The van der Waals surface area contributed by atoms with Crippen molar-refractivity contribution in [2.45, 2.75) is 32.6 Å². The first-order valence-corrected chi connectivity index (χ1v) is 6.65. The van der Waals surface area contributed by atoms with E-state index in [9.17, 15) is 0 Å². The Hall–Kier alpha value is -0.800. The van der Waals surface area contributed by atoms with Crippen molar-refractivity contribution in [3.8, 4) is 5.75 Å². The number of hydrogen-bond acceptors (Lipinski definition) is 3. The number of ether oxygens (including phenoxy) is 1. The molecule has 0 fully saturated rings. The maximum absolute atomic E-state index is 5.81. The number of nitrogens with one attached hydrogen (secondary N) is 1. The van der Waals surface area contributed by atoms with E-state index in [0.29, 0.717) is 5.02 Å². The molecule has 1 rings (SSSR count). The summed E-state index contributed by atoms with van der Waals surface area (Å²) in [5.41, 5.74) is 0. The van der Waals surface area contributed by atoms with E-state index in [1.807, 2.05) is 0 Å². The van der Waals surface area contributed by atoms with Gasteiger partial charge in [0.25, 0.3) is 0 Å². The second-order valence-corrected chi connectivity index (χ2v) is 4.43. The molecule has 0 saturated carbocycles. The van der Waals surface area contributed by atoms with Gasteiger partial charge < -0.3 is 10.1 Å². The third kappa shape index (κ3) is 7.18. The summed E-state index contributed by atoms with van der Waals surface area (Å²) < 4.78 is 5.55. The Morgan fingerprint density at radius 3 is 2.88 bits per heavy atom. The van der Waals surface area contributed by atoms with Crippen LogP contribution in [0.3, 0.4) is 0 Å². The fourth-order valence-electron chi connectivity index (χ4n) is 1.49. The van der Waals surface area contributed by atoms with E-state index in [1.54, 1.807) is 18.5 Å². The normalized spacial score (nSPS) is 10.5. The number of hydrogen-bond donors (Lipinski definition) is 1. The molecule has 1 heterocycles. The van der Waals surface area contributed by atoms with Crippen molar-refractivity contribution in [2.75, 3.05) is 19.7 Å². The molecule has 1 aromatic heterocycles. The molecule has 0 amide bonds. The first-order valence-electron chi connectivity index (χ1n) is 6.27. The monoisotopic (exact) mass is 256 g/mol. The molecule has 0 atom stereocenters. The number of rotatable bonds is 9. The van der Waals surface area contributed by atoms with E-state index in [1.165, 1.54) is 19.3 Å². The summed E-state index contributed by atoms with van der Waals surface area (Å²) in [6.07, 6.45) is 7.95. The van der Waals surface area contributed by atoms with Gasteiger partial charge >= 0.3 is 0 Å². The predicted octanol–water partition coefficient (Wildman–Crippen LogP) is 3.28. The van der Waals surface area contributed by atoms with Crippen LogP contribution < -0.4 is 10.1 Å². The van der Waals surface area contributed by atoms with Crippen molar-refractivity contribution in [1.29, 1.82) is 0 Å². The molecule has 0 unspecified atom stereocenters. The number of pyridine rings is 1. The van der Waals surface area contributed by atoms with Gasteiger partial charge in [-0.2, -0.15) is 0 Å². The lowest BCUT2D eigenvalue weighted by Gasteiger charge is -2.06. The van der Waals surface area contributed by atoms with Gasteiger partial charge in [-0.3, -0.25) is 4.98 Å². The quantitative estimate of drug-likeness (QED) is 0.689. The lowest BCUT2D eigenvalue weighted by atomic mass is 10.2. The molecular weight excluding hydrogens is 236 g/mol.